The maximum Gasteiger partial charge on any atom is 0.234 e. The minimum atomic E-state index is 0.203. The van der Waals surface area contributed by atoms with Crippen LogP contribution in [0, 0.1) is 5.92 Å². The van der Waals surface area contributed by atoms with Crippen LogP contribution < -0.4 is 10.6 Å². The lowest BCUT2D eigenvalue weighted by molar-refractivity contribution is -0.123. The van der Waals surface area contributed by atoms with Gasteiger partial charge >= 0.3 is 0 Å². The highest BCUT2D eigenvalue weighted by atomic mass is 16.2. The summed E-state index contributed by atoms with van der Waals surface area (Å²) < 4.78 is 0. The van der Waals surface area contributed by atoms with Gasteiger partial charge in [-0.15, -0.1) is 0 Å². The molecular formula is C14H27N3O. The molecule has 0 radical (unpaired) electrons. The van der Waals surface area contributed by atoms with Crippen molar-refractivity contribution in [1.82, 2.24) is 15.5 Å². The highest BCUT2D eigenvalue weighted by Gasteiger charge is 2.20. The quantitative estimate of drug-likeness (QED) is 0.785. The zero-order valence-corrected chi connectivity index (χ0v) is 11.6. The molecule has 0 aromatic rings. The third-order valence-electron chi connectivity index (χ3n) is 4.30. The van der Waals surface area contributed by atoms with Crippen molar-refractivity contribution in [3.63, 3.8) is 0 Å². The van der Waals surface area contributed by atoms with E-state index < -0.39 is 0 Å². The van der Waals surface area contributed by atoms with Crippen LogP contribution in [0.5, 0.6) is 0 Å². The fourth-order valence-electron chi connectivity index (χ4n) is 3.01. The van der Waals surface area contributed by atoms with Gasteiger partial charge in [0, 0.05) is 32.2 Å². The molecular weight excluding hydrogens is 226 g/mol. The maximum absolute atomic E-state index is 11.9. The first-order chi connectivity index (χ1) is 8.75. The van der Waals surface area contributed by atoms with Crippen LogP contribution in [0.4, 0.5) is 0 Å². The van der Waals surface area contributed by atoms with Gasteiger partial charge in [-0.2, -0.15) is 0 Å². The van der Waals surface area contributed by atoms with E-state index in [1.54, 1.807) is 0 Å². The zero-order chi connectivity index (χ0) is 12.8. The topological polar surface area (TPSA) is 44.4 Å². The largest absolute Gasteiger partial charge is 0.355 e. The average Bonchev–Trinajstić information content (AvgIpc) is 2.40. The average molecular weight is 253 g/mol. The lowest BCUT2D eigenvalue weighted by Crippen LogP contribution is -2.53. The van der Waals surface area contributed by atoms with E-state index in [1.165, 1.54) is 32.1 Å². The van der Waals surface area contributed by atoms with E-state index in [1.807, 2.05) is 0 Å². The molecule has 2 rings (SSSR count). The summed E-state index contributed by atoms with van der Waals surface area (Å²) in [6.07, 6.45) is 6.65. The Labute approximate surface area is 110 Å². The first kappa shape index (κ1) is 13.8. The van der Waals surface area contributed by atoms with E-state index in [9.17, 15) is 4.79 Å². The molecule has 1 amide bonds. The van der Waals surface area contributed by atoms with Gasteiger partial charge in [-0.1, -0.05) is 19.3 Å². The summed E-state index contributed by atoms with van der Waals surface area (Å²) in [4.78, 5) is 14.2. The van der Waals surface area contributed by atoms with Gasteiger partial charge in [0.1, 0.15) is 0 Å². The Bertz CT molecular complexity index is 264. The molecule has 2 N–H and O–H groups in total. The molecule has 4 nitrogen and oxygen atoms in total. The minimum Gasteiger partial charge on any atom is -0.355 e. The predicted octanol–water partition coefficient (Wildman–Crippen LogP) is 0.977. The summed E-state index contributed by atoms with van der Waals surface area (Å²) in [6, 6.07) is 0.471. The third kappa shape index (κ3) is 4.25. The van der Waals surface area contributed by atoms with Gasteiger partial charge in [-0.25, -0.2) is 0 Å². The van der Waals surface area contributed by atoms with Crippen molar-refractivity contribution >= 4 is 5.91 Å². The van der Waals surface area contributed by atoms with Crippen molar-refractivity contribution in [1.29, 1.82) is 0 Å². The van der Waals surface area contributed by atoms with Crippen molar-refractivity contribution in [2.24, 2.45) is 5.92 Å². The number of amides is 1. The molecule has 1 aliphatic carbocycles. The van der Waals surface area contributed by atoms with Crippen molar-refractivity contribution in [3.8, 4) is 0 Å². The van der Waals surface area contributed by atoms with Crippen LogP contribution in [0.1, 0.15) is 39.0 Å². The van der Waals surface area contributed by atoms with Gasteiger partial charge in [-0.3, -0.25) is 9.69 Å². The fourth-order valence-corrected chi connectivity index (χ4v) is 3.01. The van der Waals surface area contributed by atoms with Crippen LogP contribution in [0.2, 0.25) is 0 Å². The summed E-state index contributed by atoms with van der Waals surface area (Å²) in [5.74, 6) is 0.928. The monoisotopic (exact) mass is 253 g/mol. The smallest absolute Gasteiger partial charge is 0.234 e. The van der Waals surface area contributed by atoms with Gasteiger partial charge in [0.2, 0.25) is 5.91 Å². The van der Waals surface area contributed by atoms with E-state index in [4.69, 9.17) is 0 Å². The van der Waals surface area contributed by atoms with Crippen molar-refractivity contribution in [2.75, 3.05) is 32.7 Å². The van der Waals surface area contributed by atoms with Crippen LogP contribution in [0.25, 0.3) is 0 Å². The van der Waals surface area contributed by atoms with E-state index in [2.05, 4.69) is 22.5 Å². The molecule has 1 heterocycles. The molecule has 104 valence electrons. The Kier molecular flexibility index (Phi) is 5.45. The zero-order valence-electron chi connectivity index (χ0n) is 11.6. The number of nitrogens with one attached hydrogen (secondary N) is 2. The summed E-state index contributed by atoms with van der Waals surface area (Å²) in [6.45, 7) is 6.61. The molecule has 0 spiro atoms. The van der Waals surface area contributed by atoms with Gasteiger partial charge in [0.05, 0.1) is 6.54 Å². The molecule has 1 aliphatic heterocycles. The van der Waals surface area contributed by atoms with Gasteiger partial charge in [-0.05, 0) is 25.7 Å². The second-order valence-electron chi connectivity index (χ2n) is 5.83. The Morgan fingerprint density at radius 1 is 1.33 bits per heavy atom. The highest BCUT2D eigenvalue weighted by molar-refractivity contribution is 5.78. The van der Waals surface area contributed by atoms with Crippen LogP contribution in [0.15, 0.2) is 0 Å². The van der Waals surface area contributed by atoms with E-state index in [0.717, 1.165) is 32.1 Å². The molecule has 0 aromatic heterocycles. The number of rotatable bonds is 4. The molecule has 2 aliphatic rings. The molecule has 1 atom stereocenters. The van der Waals surface area contributed by atoms with Crippen LogP contribution in [0.3, 0.4) is 0 Å². The van der Waals surface area contributed by atoms with Crippen LogP contribution in [-0.2, 0) is 4.79 Å². The summed E-state index contributed by atoms with van der Waals surface area (Å²) in [7, 11) is 0. The van der Waals surface area contributed by atoms with Crippen LogP contribution in [-0.4, -0.2) is 49.6 Å². The SMILES string of the molecule is C[C@H]1CNCCN1CC(=O)NCC1CCCCC1. The molecule has 0 unspecified atom stereocenters. The molecule has 1 saturated carbocycles. The standard InChI is InChI=1S/C14H27N3O/c1-12-9-15-7-8-17(12)11-14(18)16-10-13-5-3-2-4-6-13/h12-13,15H,2-11H2,1H3,(H,16,18)/t12-/m0/s1. The summed E-state index contributed by atoms with van der Waals surface area (Å²) in [5, 5.41) is 6.47. The Morgan fingerprint density at radius 3 is 2.83 bits per heavy atom. The lowest BCUT2D eigenvalue weighted by atomic mass is 9.89. The van der Waals surface area contributed by atoms with Gasteiger partial charge < -0.3 is 10.6 Å². The van der Waals surface area contributed by atoms with E-state index in [0.29, 0.717) is 12.6 Å². The van der Waals surface area contributed by atoms with Gasteiger partial charge in [0.15, 0.2) is 0 Å². The summed E-state index contributed by atoms with van der Waals surface area (Å²) in [5.41, 5.74) is 0. The fraction of sp³-hybridized carbons (Fsp3) is 0.929. The molecule has 18 heavy (non-hydrogen) atoms. The second-order valence-corrected chi connectivity index (χ2v) is 5.83. The Balaban J connectivity index is 1.64. The van der Waals surface area contributed by atoms with Gasteiger partial charge in [0.25, 0.3) is 0 Å². The Hall–Kier alpha value is -0.610. The van der Waals surface area contributed by atoms with E-state index in [-0.39, 0.29) is 5.91 Å². The maximum atomic E-state index is 11.9. The second kappa shape index (κ2) is 7.10. The minimum absolute atomic E-state index is 0.203. The number of piperazine rings is 1. The first-order valence-corrected chi connectivity index (χ1v) is 7.47. The number of carbonyl (C=O) groups excluding carboxylic acids is 1. The number of hydrogen-bond donors (Lipinski definition) is 2. The van der Waals surface area contributed by atoms with Crippen molar-refractivity contribution in [3.05, 3.63) is 0 Å². The number of hydrogen-bond acceptors (Lipinski definition) is 3. The van der Waals surface area contributed by atoms with E-state index >= 15 is 0 Å². The normalized spacial score (nSPS) is 27.1. The molecule has 0 bridgehead atoms. The highest BCUT2D eigenvalue weighted by Crippen LogP contribution is 2.22. The Morgan fingerprint density at radius 2 is 2.11 bits per heavy atom. The molecule has 2 fully saturated rings. The van der Waals surface area contributed by atoms with Crippen molar-refractivity contribution < 1.29 is 4.79 Å². The lowest BCUT2D eigenvalue weighted by Gasteiger charge is -2.33. The van der Waals surface area contributed by atoms with Crippen molar-refractivity contribution in [2.45, 2.75) is 45.1 Å². The predicted molar refractivity (Wildman–Crippen MR) is 73.5 cm³/mol. The van der Waals surface area contributed by atoms with Crippen LogP contribution >= 0.6 is 0 Å². The number of nitrogens with zero attached hydrogens (tertiary/aromatic N) is 1. The first-order valence-electron chi connectivity index (χ1n) is 7.47. The third-order valence-corrected chi connectivity index (χ3v) is 4.30. The molecule has 1 saturated heterocycles. The summed E-state index contributed by atoms with van der Waals surface area (Å²) >= 11 is 0. The number of carbonyl (C=O) groups is 1. The molecule has 4 heteroatoms. The molecule has 0 aromatic carbocycles.